The van der Waals surface area contributed by atoms with Crippen molar-refractivity contribution < 1.29 is 19.4 Å². The van der Waals surface area contributed by atoms with Crippen LogP contribution in [0.15, 0.2) is 42.5 Å². The minimum atomic E-state index is -1.08. The molecule has 2 aromatic rings. The van der Waals surface area contributed by atoms with Crippen molar-refractivity contribution in [2.45, 2.75) is 0 Å². The first kappa shape index (κ1) is 15.9. The third-order valence-electron chi connectivity index (χ3n) is 3.13. The van der Waals surface area contributed by atoms with Gasteiger partial charge in [-0.1, -0.05) is 29.8 Å². The third kappa shape index (κ3) is 3.40. The first-order valence-electron chi connectivity index (χ1n) is 6.48. The van der Waals surface area contributed by atoms with Crippen molar-refractivity contribution >= 4 is 29.2 Å². The molecule has 0 fully saturated rings. The van der Waals surface area contributed by atoms with Crippen molar-refractivity contribution in [1.82, 2.24) is 0 Å². The van der Waals surface area contributed by atoms with E-state index in [1.54, 1.807) is 42.5 Å². The van der Waals surface area contributed by atoms with E-state index in [2.05, 4.69) is 0 Å². The van der Waals surface area contributed by atoms with Gasteiger partial charge in [-0.15, -0.1) is 0 Å². The third-order valence-corrected chi connectivity index (χ3v) is 3.48. The summed E-state index contributed by atoms with van der Waals surface area (Å²) in [5, 5.41) is 10.0. The topological polar surface area (TPSA) is 55.8 Å². The first-order chi connectivity index (χ1) is 10.6. The summed E-state index contributed by atoms with van der Waals surface area (Å²) >= 11 is 6.10. The molecule has 4 nitrogen and oxygen atoms in total. The number of halogens is 1. The molecule has 114 valence electrons. The van der Waals surface area contributed by atoms with Crippen LogP contribution in [0.4, 0.5) is 0 Å². The lowest BCUT2D eigenvalue weighted by Crippen LogP contribution is -2.02. The zero-order chi connectivity index (χ0) is 16.1. The second-order valence-electron chi connectivity index (χ2n) is 4.45. The van der Waals surface area contributed by atoms with Crippen LogP contribution in [0.5, 0.6) is 11.5 Å². The van der Waals surface area contributed by atoms with Gasteiger partial charge < -0.3 is 14.6 Å². The molecule has 1 N–H and O–H groups in total. The van der Waals surface area contributed by atoms with E-state index < -0.39 is 5.97 Å². The summed E-state index contributed by atoms with van der Waals surface area (Å²) < 4.78 is 10.4. The lowest BCUT2D eigenvalue weighted by atomic mass is 10.0. The molecule has 0 saturated carbocycles. The Hall–Kier alpha value is -2.46. The molecule has 0 aliphatic rings. The molecule has 0 unspecified atom stereocenters. The molecule has 22 heavy (non-hydrogen) atoms. The van der Waals surface area contributed by atoms with Crippen LogP contribution in [0.2, 0.25) is 5.02 Å². The molecule has 0 spiro atoms. The number of carboxylic acid groups (broad SMARTS) is 1. The van der Waals surface area contributed by atoms with Gasteiger partial charge in [0.25, 0.3) is 0 Å². The number of rotatable bonds is 5. The van der Waals surface area contributed by atoms with E-state index in [-0.39, 0.29) is 5.57 Å². The number of hydrogen-bond donors (Lipinski definition) is 1. The molecule has 0 aromatic heterocycles. The number of benzene rings is 2. The predicted octanol–water partition coefficient (Wildman–Crippen LogP) is 3.98. The van der Waals surface area contributed by atoms with Gasteiger partial charge in [-0.2, -0.15) is 0 Å². The summed E-state index contributed by atoms with van der Waals surface area (Å²) in [6.07, 6.45) is 1.52. The molecule has 0 aliphatic heterocycles. The molecule has 0 radical (unpaired) electrons. The average Bonchev–Trinajstić information content (AvgIpc) is 2.53. The van der Waals surface area contributed by atoms with Gasteiger partial charge in [-0.25, -0.2) is 4.79 Å². The van der Waals surface area contributed by atoms with Crippen LogP contribution in [0, 0.1) is 0 Å². The fourth-order valence-electron chi connectivity index (χ4n) is 2.03. The Kier molecular flexibility index (Phi) is 5.07. The van der Waals surface area contributed by atoms with Gasteiger partial charge in [-0.05, 0) is 35.9 Å². The van der Waals surface area contributed by atoms with Crippen LogP contribution in [-0.2, 0) is 4.79 Å². The Morgan fingerprint density at radius 1 is 1.14 bits per heavy atom. The second kappa shape index (κ2) is 7.00. The number of methoxy groups -OCH3 is 2. The molecular formula is C17H15ClO4. The highest BCUT2D eigenvalue weighted by Gasteiger charge is 2.17. The number of aliphatic carboxylic acids is 1. The van der Waals surface area contributed by atoms with Gasteiger partial charge in [0.2, 0.25) is 0 Å². The molecule has 0 aliphatic carbocycles. The molecule has 0 amide bonds. The van der Waals surface area contributed by atoms with Crippen LogP contribution < -0.4 is 9.47 Å². The van der Waals surface area contributed by atoms with Gasteiger partial charge in [-0.3, -0.25) is 0 Å². The Balaban J connectivity index is 2.63. The zero-order valence-electron chi connectivity index (χ0n) is 12.2. The smallest absolute Gasteiger partial charge is 0.336 e. The Morgan fingerprint density at radius 3 is 2.45 bits per heavy atom. The van der Waals surface area contributed by atoms with Crippen LogP contribution in [0.3, 0.4) is 0 Å². The van der Waals surface area contributed by atoms with Crippen LogP contribution in [0.1, 0.15) is 11.1 Å². The number of carboxylic acids is 1. The summed E-state index contributed by atoms with van der Waals surface area (Å²) in [6.45, 7) is 0. The number of carbonyl (C=O) groups is 1. The van der Waals surface area contributed by atoms with Gasteiger partial charge in [0.1, 0.15) is 11.5 Å². The van der Waals surface area contributed by atoms with Crippen molar-refractivity contribution in [3.8, 4) is 11.5 Å². The predicted molar refractivity (Wildman–Crippen MR) is 86.5 cm³/mol. The fourth-order valence-corrected chi connectivity index (χ4v) is 2.22. The molecule has 0 saturated heterocycles. The van der Waals surface area contributed by atoms with Crippen molar-refractivity contribution in [2.75, 3.05) is 14.2 Å². The van der Waals surface area contributed by atoms with E-state index in [1.807, 2.05) is 0 Å². The van der Waals surface area contributed by atoms with Crippen molar-refractivity contribution in [1.29, 1.82) is 0 Å². The second-order valence-corrected chi connectivity index (χ2v) is 4.86. The minimum Gasteiger partial charge on any atom is -0.497 e. The number of hydrogen-bond acceptors (Lipinski definition) is 3. The highest BCUT2D eigenvalue weighted by molar-refractivity contribution is 6.33. The van der Waals surface area contributed by atoms with Crippen LogP contribution in [-0.4, -0.2) is 25.3 Å². The summed E-state index contributed by atoms with van der Waals surface area (Å²) in [5.74, 6) is -0.0879. The lowest BCUT2D eigenvalue weighted by Gasteiger charge is -2.11. The maximum atomic E-state index is 11.7. The van der Waals surface area contributed by atoms with Gasteiger partial charge in [0, 0.05) is 10.6 Å². The molecule has 5 heteroatoms. The van der Waals surface area contributed by atoms with Gasteiger partial charge in [0.05, 0.1) is 19.8 Å². The van der Waals surface area contributed by atoms with Crippen molar-refractivity contribution in [3.05, 3.63) is 58.6 Å². The average molecular weight is 319 g/mol. The highest BCUT2D eigenvalue weighted by Crippen LogP contribution is 2.32. The quantitative estimate of drug-likeness (QED) is 0.669. The molecule has 0 atom stereocenters. The highest BCUT2D eigenvalue weighted by atomic mass is 35.5. The van der Waals surface area contributed by atoms with Gasteiger partial charge >= 0.3 is 5.97 Å². The molecule has 2 rings (SSSR count). The normalized spacial score (nSPS) is 11.1. The maximum absolute atomic E-state index is 11.7. The molecule has 0 heterocycles. The Labute approximate surface area is 133 Å². The van der Waals surface area contributed by atoms with E-state index in [9.17, 15) is 9.90 Å². The standard InChI is InChI=1S/C17H15ClO4/c1-21-12-7-8-16(22-2)13(10-12)14(17(19)20)9-11-5-3-4-6-15(11)18/h3-10H,1-2H3,(H,19,20)/b14-9-. The monoisotopic (exact) mass is 318 g/mol. The summed E-state index contributed by atoms with van der Waals surface area (Å²) in [7, 11) is 3.00. The largest absolute Gasteiger partial charge is 0.497 e. The zero-order valence-corrected chi connectivity index (χ0v) is 12.9. The lowest BCUT2D eigenvalue weighted by molar-refractivity contribution is -0.130. The fraction of sp³-hybridized carbons (Fsp3) is 0.118. The van der Waals surface area contributed by atoms with E-state index in [0.717, 1.165) is 0 Å². The van der Waals surface area contributed by atoms with Gasteiger partial charge in [0.15, 0.2) is 0 Å². The SMILES string of the molecule is COc1ccc(OC)c(/C(=C/c2ccccc2Cl)C(=O)O)c1. The van der Waals surface area contributed by atoms with Crippen molar-refractivity contribution in [2.24, 2.45) is 0 Å². The molecule has 0 bridgehead atoms. The van der Waals surface area contributed by atoms with Crippen LogP contribution in [0.25, 0.3) is 11.6 Å². The maximum Gasteiger partial charge on any atom is 0.336 e. The minimum absolute atomic E-state index is 0.0730. The Bertz CT molecular complexity index is 722. The van der Waals surface area contributed by atoms with E-state index >= 15 is 0 Å². The first-order valence-corrected chi connectivity index (χ1v) is 6.86. The molecule has 2 aromatic carbocycles. The summed E-state index contributed by atoms with van der Waals surface area (Å²) in [6, 6.07) is 12.0. The Morgan fingerprint density at radius 2 is 1.86 bits per heavy atom. The van der Waals surface area contributed by atoms with E-state index in [4.69, 9.17) is 21.1 Å². The molecular weight excluding hydrogens is 304 g/mol. The number of ether oxygens (including phenoxy) is 2. The van der Waals surface area contributed by atoms with E-state index in [0.29, 0.717) is 27.6 Å². The van der Waals surface area contributed by atoms with Crippen LogP contribution >= 0.6 is 11.6 Å². The van der Waals surface area contributed by atoms with E-state index in [1.165, 1.54) is 20.3 Å². The summed E-state index contributed by atoms with van der Waals surface area (Å²) in [4.78, 5) is 11.7. The summed E-state index contributed by atoms with van der Waals surface area (Å²) in [5.41, 5.74) is 1.12. The van der Waals surface area contributed by atoms with Crippen molar-refractivity contribution in [3.63, 3.8) is 0 Å².